The summed E-state index contributed by atoms with van der Waals surface area (Å²) in [6.07, 6.45) is 1.45. The maximum atomic E-state index is 8.74. The lowest BCUT2D eigenvalue weighted by molar-refractivity contribution is 0.0120. The summed E-state index contributed by atoms with van der Waals surface area (Å²) in [7, 11) is 1.37. The Labute approximate surface area is 58.1 Å². The average molecular weight is 140 g/mol. The smallest absolute Gasteiger partial charge is 0.188 e. The van der Waals surface area contributed by atoms with Crippen LogP contribution < -0.4 is 0 Å². The molecule has 4 nitrogen and oxygen atoms in total. The van der Waals surface area contributed by atoms with E-state index < -0.39 is 0 Å². The van der Waals surface area contributed by atoms with Crippen LogP contribution in [0.25, 0.3) is 0 Å². The fraction of sp³-hybridized carbons (Fsp3) is 0.167. The molecule has 10 heavy (non-hydrogen) atoms. The third kappa shape index (κ3) is 1.16. The molecule has 0 bridgehead atoms. The molecule has 1 heterocycles. The number of hydrogen-bond acceptors (Lipinski definition) is 3. The summed E-state index contributed by atoms with van der Waals surface area (Å²) in [5.74, 6) is 0.301. The Hall–Kier alpha value is -1.29. The summed E-state index contributed by atoms with van der Waals surface area (Å²) in [4.78, 5) is 0. The van der Waals surface area contributed by atoms with Crippen LogP contribution in [0.1, 0.15) is 5.76 Å². The quantitative estimate of drug-likeness (QED) is 0.346. The number of nitrogens with one attached hydrogen (secondary N) is 1. The van der Waals surface area contributed by atoms with Gasteiger partial charge in [0, 0.05) is 7.05 Å². The maximum absolute atomic E-state index is 8.74. The zero-order valence-corrected chi connectivity index (χ0v) is 5.53. The lowest BCUT2D eigenvalue weighted by Crippen LogP contribution is -2.21. The van der Waals surface area contributed by atoms with E-state index in [1.165, 1.54) is 13.3 Å². The first-order valence-corrected chi connectivity index (χ1v) is 2.77. The van der Waals surface area contributed by atoms with Crippen LogP contribution in [0.4, 0.5) is 0 Å². The highest BCUT2D eigenvalue weighted by Gasteiger charge is 2.05. The third-order valence-corrected chi connectivity index (χ3v) is 1.08. The Bertz CT molecular complexity index is 216. The molecule has 0 unspecified atom stereocenters. The summed E-state index contributed by atoms with van der Waals surface area (Å²) in [5, 5.41) is 16.6. The van der Waals surface area contributed by atoms with E-state index >= 15 is 0 Å². The van der Waals surface area contributed by atoms with Gasteiger partial charge in [0.05, 0.1) is 6.26 Å². The molecule has 2 N–H and O–H groups in total. The molecule has 0 aliphatic carbocycles. The molecular weight excluding hydrogens is 132 g/mol. The predicted molar refractivity (Wildman–Crippen MR) is 35.1 cm³/mol. The van der Waals surface area contributed by atoms with Crippen molar-refractivity contribution < 1.29 is 9.62 Å². The van der Waals surface area contributed by atoms with Gasteiger partial charge in [0.1, 0.15) is 0 Å². The van der Waals surface area contributed by atoms with E-state index in [0.717, 1.165) is 0 Å². The van der Waals surface area contributed by atoms with Gasteiger partial charge >= 0.3 is 0 Å². The summed E-state index contributed by atoms with van der Waals surface area (Å²) in [6.45, 7) is 0. The predicted octanol–water partition coefficient (Wildman–Crippen LogP) is 0.926. The summed E-state index contributed by atoms with van der Waals surface area (Å²) in [5.41, 5.74) is 0. The zero-order valence-electron chi connectivity index (χ0n) is 5.53. The molecule has 0 saturated heterocycles. The number of nitrogens with zero attached hydrogens (tertiary/aromatic N) is 1. The van der Waals surface area contributed by atoms with Gasteiger partial charge in [-0.2, -0.15) is 0 Å². The minimum atomic E-state index is -0.0509. The summed E-state index contributed by atoms with van der Waals surface area (Å²) < 4.78 is 4.83. The van der Waals surface area contributed by atoms with Crippen LogP contribution in [0.15, 0.2) is 22.8 Å². The van der Waals surface area contributed by atoms with E-state index in [1.807, 2.05) is 0 Å². The lowest BCUT2D eigenvalue weighted by atomic mass is 10.4. The maximum Gasteiger partial charge on any atom is 0.188 e. The highest BCUT2D eigenvalue weighted by atomic mass is 16.5. The van der Waals surface area contributed by atoms with Crippen LogP contribution in [-0.4, -0.2) is 23.2 Å². The van der Waals surface area contributed by atoms with Gasteiger partial charge in [-0.25, -0.2) is 5.06 Å². The summed E-state index contributed by atoms with van der Waals surface area (Å²) >= 11 is 0. The van der Waals surface area contributed by atoms with Crippen molar-refractivity contribution in [2.24, 2.45) is 0 Å². The SMILES string of the molecule is CN(O)C(=N)c1ccco1. The largest absolute Gasteiger partial charge is 0.461 e. The molecule has 1 aromatic rings. The lowest BCUT2D eigenvalue weighted by Gasteiger charge is -2.07. The molecule has 4 heteroatoms. The molecule has 0 radical (unpaired) electrons. The molecule has 0 aromatic carbocycles. The second-order valence-electron chi connectivity index (χ2n) is 1.85. The van der Waals surface area contributed by atoms with Crippen LogP contribution in [0, 0.1) is 5.41 Å². The van der Waals surface area contributed by atoms with Crippen LogP contribution in [0.2, 0.25) is 0 Å². The minimum absolute atomic E-state index is 0.0509. The van der Waals surface area contributed by atoms with Crippen molar-refractivity contribution >= 4 is 5.84 Å². The van der Waals surface area contributed by atoms with Crippen molar-refractivity contribution in [2.45, 2.75) is 0 Å². The molecule has 0 fully saturated rings. The zero-order chi connectivity index (χ0) is 7.56. The third-order valence-electron chi connectivity index (χ3n) is 1.08. The van der Waals surface area contributed by atoms with Crippen LogP contribution >= 0.6 is 0 Å². The molecule has 0 atom stereocenters. The number of amidine groups is 1. The van der Waals surface area contributed by atoms with E-state index in [4.69, 9.17) is 15.0 Å². The summed E-state index contributed by atoms with van der Waals surface area (Å²) in [6, 6.07) is 3.27. The van der Waals surface area contributed by atoms with Crippen LogP contribution in [-0.2, 0) is 0 Å². The number of hydroxylamine groups is 2. The molecule has 0 spiro atoms. The second kappa shape index (κ2) is 2.53. The highest BCUT2D eigenvalue weighted by molar-refractivity contribution is 5.92. The topological polar surface area (TPSA) is 60.5 Å². The van der Waals surface area contributed by atoms with E-state index in [0.29, 0.717) is 10.8 Å². The van der Waals surface area contributed by atoms with Gasteiger partial charge in [-0.05, 0) is 12.1 Å². The second-order valence-corrected chi connectivity index (χ2v) is 1.85. The molecule has 0 amide bonds. The Kier molecular flexibility index (Phi) is 1.73. The van der Waals surface area contributed by atoms with Crippen LogP contribution in [0.5, 0.6) is 0 Å². The first kappa shape index (κ1) is 6.82. The number of furan rings is 1. The van der Waals surface area contributed by atoms with Crippen molar-refractivity contribution in [3.05, 3.63) is 24.2 Å². The van der Waals surface area contributed by atoms with Gasteiger partial charge in [0.15, 0.2) is 11.6 Å². The molecule has 1 aromatic heterocycles. The monoisotopic (exact) mass is 140 g/mol. The first-order valence-electron chi connectivity index (χ1n) is 2.77. The fourth-order valence-corrected chi connectivity index (χ4v) is 0.573. The molecular formula is C6H8N2O2. The van der Waals surface area contributed by atoms with E-state index in [-0.39, 0.29) is 5.84 Å². The van der Waals surface area contributed by atoms with Crippen molar-refractivity contribution in [1.82, 2.24) is 5.06 Å². The van der Waals surface area contributed by atoms with Gasteiger partial charge in [0.25, 0.3) is 0 Å². The van der Waals surface area contributed by atoms with Crippen molar-refractivity contribution in [1.29, 1.82) is 5.41 Å². The van der Waals surface area contributed by atoms with Crippen LogP contribution in [0.3, 0.4) is 0 Å². The Morgan fingerprint density at radius 1 is 1.80 bits per heavy atom. The van der Waals surface area contributed by atoms with Gasteiger partial charge in [-0.3, -0.25) is 10.6 Å². The fourth-order valence-electron chi connectivity index (χ4n) is 0.573. The average Bonchev–Trinajstić information content (AvgIpc) is 2.36. The van der Waals surface area contributed by atoms with Gasteiger partial charge < -0.3 is 4.42 Å². The normalized spacial score (nSPS) is 9.40. The molecule has 1 rings (SSSR count). The van der Waals surface area contributed by atoms with Crippen molar-refractivity contribution in [3.8, 4) is 0 Å². The number of hydrogen-bond donors (Lipinski definition) is 2. The highest BCUT2D eigenvalue weighted by Crippen LogP contribution is 2.01. The molecule has 54 valence electrons. The molecule has 0 saturated carbocycles. The van der Waals surface area contributed by atoms with E-state index in [9.17, 15) is 0 Å². The van der Waals surface area contributed by atoms with E-state index in [2.05, 4.69) is 0 Å². The number of rotatable bonds is 1. The van der Waals surface area contributed by atoms with Gasteiger partial charge in [0.2, 0.25) is 0 Å². The molecule has 0 aliphatic heterocycles. The Morgan fingerprint density at radius 2 is 2.50 bits per heavy atom. The van der Waals surface area contributed by atoms with Gasteiger partial charge in [-0.15, -0.1) is 0 Å². The van der Waals surface area contributed by atoms with Crippen molar-refractivity contribution in [2.75, 3.05) is 7.05 Å². The first-order chi connectivity index (χ1) is 4.72. The minimum Gasteiger partial charge on any atom is -0.461 e. The Balaban J connectivity index is 2.78. The van der Waals surface area contributed by atoms with E-state index in [1.54, 1.807) is 12.1 Å². The standard InChI is InChI=1S/C6H8N2O2/c1-8(9)6(7)5-3-2-4-10-5/h2-4,7,9H,1H3. The Morgan fingerprint density at radius 3 is 2.90 bits per heavy atom. The van der Waals surface area contributed by atoms with Crippen molar-refractivity contribution in [3.63, 3.8) is 0 Å². The molecule has 0 aliphatic rings. The van der Waals surface area contributed by atoms with Gasteiger partial charge in [-0.1, -0.05) is 0 Å².